The van der Waals surface area contributed by atoms with Gasteiger partial charge in [0.05, 0.1) is 17.7 Å². The summed E-state index contributed by atoms with van der Waals surface area (Å²) in [5, 5.41) is 0. The number of rotatable bonds is 7. The summed E-state index contributed by atoms with van der Waals surface area (Å²) in [4.78, 5) is 0.601. The number of ether oxygens (including phenoxy) is 2. The second-order valence-electron chi connectivity index (χ2n) is 3.63. The van der Waals surface area contributed by atoms with Crippen molar-refractivity contribution in [3.8, 4) is 0 Å². The molecule has 0 aromatic carbocycles. The first-order valence-electron chi connectivity index (χ1n) is 5.26. The van der Waals surface area contributed by atoms with E-state index in [0.29, 0.717) is 11.1 Å². The van der Waals surface area contributed by atoms with Crippen LogP contribution in [-0.2, 0) is 9.47 Å². The van der Waals surface area contributed by atoms with E-state index in [1.54, 1.807) is 0 Å². The number of unbranched alkanes of at least 4 members (excludes halogenated alkanes) is 1. The summed E-state index contributed by atoms with van der Waals surface area (Å²) in [6, 6.07) is 0. The summed E-state index contributed by atoms with van der Waals surface area (Å²) >= 11 is 4.78. The van der Waals surface area contributed by atoms with Crippen molar-refractivity contribution in [3.63, 3.8) is 0 Å². The van der Waals surface area contributed by atoms with Gasteiger partial charge in [-0.2, -0.15) is 0 Å². The third kappa shape index (κ3) is 5.52. The molecule has 0 amide bonds. The minimum Gasteiger partial charge on any atom is -0.393 e. The molecule has 1 atom stereocenters. The van der Waals surface area contributed by atoms with Gasteiger partial charge in [0.25, 0.3) is 0 Å². The predicted octanol–water partition coefficient (Wildman–Crippen LogP) is 1.64. The van der Waals surface area contributed by atoms with Crippen molar-refractivity contribution in [2.45, 2.75) is 38.2 Å². The van der Waals surface area contributed by atoms with E-state index >= 15 is 0 Å². The van der Waals surface area contributed by atoms with Crippen molar-refractivity contribution in [2.24, 2.45) is 5.73 Å². The zero-order valence-corrected chi connectivity index (χ0v) is 9.35. The Balaban J connectivity index is 1.82. The second kappa shape index (κ2) is 7.15. The summed E-state index contributed by atoms with van der Waals surface area (Å²) in [5.74, 6) is 0. The molecular formula is C10H19NO2S. The van der Waals surface area contributed by atoms with Gasteiger partial charge in [0.1, 0.15) is 0 Å². The Morgan fingerprint density at radius 2 is 2.36 bits per heavy atom. The lowest BCUT2D eigenvalue weighted by molar-refractivity contribution is 0.0163. The van der Waals surface area contributed by atoms with Gasteiger partial charge in [0.2, 0.25) is 0 Å². The monoisotopic (exact) mass is 217 g/mol. The fourth-order valence-corrected chi connectivity index (χ4v) is 1.64. The van der Waals surface area contributed by atoms with E-state index in [0.717, 1.165) is 45.5 Å². The molecule has 1 heterocycles. The van der Waals surface area contributed by atoms with Crippen molar-refractivity contribution < 1.29 is 9.47 Å². The number of hydrogen-bond donors (Lipinski definition) is 1. The van der Waals surface area contributed by atoms with Crippen molar-refractivity contribution in [2.75, 3.05) is 19.8 Å². The number of hydrogen-bond acceptors (Lipinski definition) is 3. The number of nitrogens with two attached hydrogens (primary N) is 1. The first-order chi connectivity index (χ1) is 6.79. The lowest BCUT2D eigenvalue weighted by Gasteiger charge is -2.09. The summed E-state index contributed by atoms with van der Waals surface area (Å²) in [5.41, 5.74) is 5.38. The minimum absolute atomic E-state index is 0.339. The van der Waals surface area contributed by atoms with Crippen LogP contribution in [0.1, 0.15) is 32.1 Å². The van der Waals surface area contributed by atoms with E-state index in [-0.39, 0.29) is 0 Å². The van der Waals surface area contributed by atoms with Crippen molar-refractivity contribution in [3.05, 3.63) is 0 Å². The maximum atomic E-state index is 5.49. The van der Waals surface area contributed by atoms with Crippen molar-refractivity contribution in [1.82, 2.24) is 0 Å². The van der Waals surface area contributed by atoms with Crippen LogP contribution in [0.15, 0.2) is 0 Å². The fraction of sp³-hybridized carbons (Fsp3) is 0.900. The van der Waals surface area contributed by atoms with Gasteiger partial charge in [0.15, 0.2) is 0 Å². The van der Waals surface area contributed by atoms with Gasteiger partial charge in [-0.15, -0.1) is 0 Å². The number of thiocarbonyl (C=S) groups is 1. The summed E-state index contributed by atoms with van der Waals surface area (Å²) < 4.78 is 10.9. The lowest BCUT2D eigenvalue weighted by Crippen LogP contribution is -2.14. The third-order valence-electron chi connectivity index (χ3n) is 2.29. The van der Waals surface area contributed by atoms with Gasteiger partial charge in [-0.1, -0.05) is 12.2 Å². The molecule has 0 saturated carbocycles. The topological polar surface area (TPSA) is 44.5 Å². The van der Waals surface area contributed by atoms with E-state index in [1.165, 1.54) is 6.42 Å². The third-order valence-corrected chi connectivity index (χ3v) is 2.49. The molecule has 0 aromatic heterocycles. The smallest absolute Gasteiger partial charge is 0.0809 e. The highest BCUT2D eigenvalue weighted by Gasteiger charge is 2.14. The molecule has 0 aromatic rings. The quantitative estimate of drug-likeness (QED) is 0.520. The Morgan fingerprint density at radius 3 is 3.00 bits per heavy atom. The Bertz CT molecular complexity index is 170. The average molecular weight is 217 g/mol. The van der Waals surface area contributed by atoms with E-state index in [1.807, 2.05) is 0 Å². The molecule has 1 unspecified atom stereocenters. The molecule has 2 N–H and O–H groups in total. The largest absolute Gasteiger partial charge is 0.393 e. The summed E-state index contributed by atoms with van der Waals surface area (Å²) in [6.07, 6.45) is 5.55. The van der Waals surface area contributed by atoms with Gasteiger partial charge >= 0.3 is 0 Å². The fourth-order valence-electron chi connectivity index (χ4n) is 1.49. The van der Waals surface area contributed by atoms with Crippen LogP contribution in [-0.4, -0.2) is 30.9 Å². The summed E-state index contributed by atoms with van der Waals surface area (Å²) in [7, 11) is 0. The molecule has 1 aliphatic rings. The SMILES string of the molecule is NC(=S)CCCCOCC1CCCO1. The van der Waals surface area contributed by atoms with E-state index in [4.69, 9.17) is 27.4 Å². The standard InChI is InChI=1S/C10H19NO2S/c11-10(14)5-1-2-6-12-8-9-4-3-7-13-9/h9H,1-8H2,(H2,11,14). The molecule has 0 aliphatic carbocycles. The minimum atomic E-state index is 0.339. The van der Waals surface area contributed by atoms with Crippen LogP contribution in [0.4, 0.5) is 0 Å². The zero-order valence-electron chi connectivity index (χ0n) is 8.54. The molecule has 0 radical (unpaired) electrons. The highest BCUT2D eigenvalue weighted by molar-refractivity contribution is 7.80. The molecule has 14 heavy (non-hydrogen) atoms. The van der Waals surface area contributed by atoms with Crippen molar-refractivity contribution >= 4 is 17.2 Å². The van der Waals surface area contributed by atoms with Gasteiger partial charge in [-0.05, 0) is 32.1 Å². The van der Waals surface area contributed by atoms with Crippen LogP contribution in [0.25, 0.3) is 0 Å². The van der Waals surface area contributed by atoms with Crippen LogP contribution in [0, 0.1) is 0 Å². The van der Waals surface area contributed by atoms with Gasteiger partial charge in [-0.3, -0.25) is 0 Å². The maximum Gasteiger partial charge on any atom is 0.0809 e. The van der Waals surface area contributed by atoms with Crippen LogP contribution < -0.4 is 5.73 Å². The Hall–Kier alpha value is -0.190. The van der Waals surface area contributed by atoms with Gasteiger partial charge in [-0.25, -0.2) is 0 Å². The molecule has 1 aliphatic heterocycles. The van der Waals surface area contributed by atoms with Crippen LogP contribution in [0.5, 0.6) is 0 Å². The van der Waals surface area contributed by atoms with E-state index in [9.17, 15) is 0 Å². The molecule has 1 rings (SSSR count). The Labute approximate surface area is 90.9 Å². The van der Waals surface area contributed by atoms with Crippen LogP contribution in [0.2, 0.25) is 0 Å². The molecule has 82 valence electrons. The predicted molar refractivity (Wildman–Crippen MR) is 60.4 cm³/mol. The average Bonchev–Trinajstić information content (AvgIpc) is 2.63. The summed E-state index contributed by atoms with van der Waals surface area (Å²) in [6.45, 7) is 2.44. The molecule has 0 spiro atoms. The lowest BCUT2D eigenvalue weighted by atomic mass is 10.2. The molecule has 4 heteroatoms. The van der Waals surface area contributed by atoms with Gasteiger partial charge < -0.3 is 15.2 Å². The highest BCUT2D eigenvalue weighted by atomic mass is 32.1. The van der Waals surface area contributed by atoms with Gasteiger partial charge in [0, 0.05) is 13.2 Å². The maximum absolute atomic E-state index is 5.49. The molecule has 0 bridgehead atoms. The molecular weight excluding hydrogens is 198 g/mol. The van der Waals surface area contributed by atoms with E-state index in [2.05, 4.69) is 0 Å². The molecule has 3 nitrogen and oxygen atoms in total. The second-order valence-corrected chi connectivity index (χ2v) is 4.16. The normalized spacial score (nSPS) is 21.3. The highest BCUT2D eigenvalue weighted by Crippen LogP contribution is 2.12. The van der Waals surface area contributed by atoms with Crippen LogP contribution >= 0.6 is 12.2 Å². The molecule has 1 saturated heterocycles. The Kier molecular flexibility index (Phi) is 6.07. The van der Waals surface area contributed by atoms with E-state index < -0.39 is 0 Å². The Morgan fingerprint density at radius 1 is 1.50 bits per heavy atom. The first-order valence-corrected chi connectivity index (χ1v) is 5.67. The van der Waals surface area contributed by atoms with Crippen molar-refractivity contribution in [1.29, 1.82) is 0 Å². The molecule has 1 fully saturated rings. The van der Waals surface area contributed by atoms with Crippen LogP contribution in [0.3, 0.4) is 0 Å². The zero-order chi connectivity index (χ0) is 10.2. The first kappa shape index (κ1) is 11.9.